The Morgan fingerprint density at radius 3 is 2.36 bits per heavy atom. The maximum atomic E-state index is 6.09. The molecule has 1 nitrogen and oxygen atoms in total. The van der Waals surface area contributed by atoms with Crippen LogP contribution in [0, 0.1) is 5.41 Å². The van der Waals surface area contributed by atoms with Crippen molar-refractivity contribution in [3.8, 4) is 0 Å². The number of nitrogens with two attached hydrogens (primary N) is 1. The third-order valence-electron chi connectivity index (χ3n) is 2.33. The predicted octanol–water partition coefficient (Wildman–Crippen LogP) is 3.44. The van der Waals surface area contributed by atoms with Gasteiger partial charge in [-0.3, -0.25) is 0 Å². The molecule has 2 N–H and O–H groups in total. The second-order valence-electron chi connectivity index (χ2n) is 4.65. The van der Waals surface area contributed by atoms with Gasteiger partial charge in [-0.1, -0.05) is 51.7 Å². The molecule has 0 saturated carbocycles. The summed E-state index contributed by atoms with van der Waals surface area (Å²) in [4.78, 5) is 0. The van der Waals surface area contributed by atoms with Crippen LogP contribution >= 0.6 is 0 Å². The van der Waals surface area contributed by atoms with Crippen LogP contribution in [0.2, 0.25) is 0 Å². The first kappa shape index (κ1) is 13.2. The molecule has 1 atom stereocenters. The summed E-state index contributed by atoms with van der Waals surface area (Å²) in [6, 6.07) is 0.178. The number of hydrogen-bond acceptors (Lipinski definition) is 1. The fourth-order valence-corrected chi connectivity index (χ4v) is 0.999. The lowest BCUT2D eigenvalue weighted by molar-refractivity contribution is 0.319. The molecule has 0 spiro atoms. The molecule has 0 fully saturated rings. The van der Waals surface area contributed by atoms with Crippen molar-refractivity contribution in [2.24, 2.45) is 11.1 Å². The van der Waals surface area contributed by atoms with Crippen molar-refractivity contribution in [2.75, 3.05) is 0 Å². The molecule has 0 aromatic rings. The summed E-state index contributed by atoms with van der Waals surface area (Å²) in [5.41, 5.74) is 7.44. The Labute approximate surface area is 88.4 Å². The van der Waals surface area contributed by atoms with Crippen LogP contribution in [-0.2, 0) is 0 Å². The van der Waals surface area contributed by atoms with Gasteiger partial charge < -0.3 is 5.73 Å². The molecule has 0 radical (unpaired) electrons. The Morgan fingerprint density at radius 2 is 2.00 bits per heavy atom. The van der Waals surface area contributed by atoms with Gasteiger partial charge in [-0.25, -0.2) is 0 Å². The molecule has 0 aliphatic carbocycles. The van der Waals surface area contributed by atoms with Crippen molar-refractivity contribution in [2.45, 2.75) is 40.2 Å². The van der Waals surface area contributed by atoms with Gasteiger partial charge >= 0.3 is 0 Å². The van der Waals surface area contributed by atoms with E-state index in [-0.39, 0.29) is 11.5 Å². The van der Waals surface area contributed by atoms with Gasteiger partial charge in [0.25, 0.3) is 0 Å². The Morgan fingerprint density at radius 1 is 1.43 bits per heavy atom. The summed E-state index contributed by atoms with van der Waals surface area (Å²) in [7, 11) is 0. The molecule has 0 aliphatic rings. The molecule has 0 heterocycles. The molecule has 1 heteroatoms. The van der Waals surface area contributed by atoms with Gasteiger partial charge in [-0.05, 0) is 24.3 Å². The first-order chi connectivity index (χ1) is 6.41. The van der Waals surface area contributed by atoms with Crippen LogP contribution in [0.3, 0.4) is 0 Å². The van der Waals surface area contributed by atoms with Gasteiger partial charge in [0.2, 0.25) is 0 Å². The molecule has 0 amide bonds. The van der Waals surface area contributed by atoms with Crippen LogP contribution in [0.25, 0.3) is 0 Å². The summed E-state index contributed by atoms with van der Waals surface area (Å²) in [6.07, 6.45) is 8.86. The first-order valence-corrected chi connectivity index (χ1v) is 5.11. The highest BCUT2D eigenvalue weighted by Crippen LogP contribution is 2.22. The van der Waals surface area contributed by atoms with E-state index in [0.717, 1.165) is 6.42 Å². The average molecular weight is 193 g/mol. The number of hydrogen-bond donors (Lipinski definition) is 1. The molecule has 1 unspecified atom stereocenters. The molecule has 0 aliphatic heterocycles. The van der Waals surface area contributed by atoms with Gasteiger partial charge in [0.15, 0.2) is 0 Å². The minimum atomic E-state index is 0.151. The zero-order valence-electron chi connectivity index (χ0n) is 9.88. The topological polar surface area (TPSA) is 26.0 Å². The lowest BCUT2D eigenvalue weighted by Crippen LogP contribution is -2.35. The second-order valence-corrected chi connectivity index (χ2v) is 4.65. The van der Waals surface area contributed by atoms with E-state index in [2.05, 4.69) is 33.4 Å². The lowest BCUT2D eigenvalue weighted by atomic mass is 9.83. The fourth-order valence-electron chi connectivity index (χ4n) is 0.999. The first-order valence-electron chi connectivity index (χ1n) is 5.11. The maximum absolute atomic E-state index is 6.09. The molecular formula is C13H23N. The third-order valence-corrected chi connectivity index (χ3v) is 2.33. The Hall–Kier alpha value is -0.820. The largest absolute Gasteiger partial charge is 0.327 e. The summed E-state index contributed by atoms with van der Waals surface area (Å²) >= 11 is 0. The van der Waals surface area contributed by atoms with Crippen molar-refractivity contribution < 1.29 is 0 Å². The Balaban J connectivity index is 4.40. The van der Waals surface area contributed by atoms with Crippen LogP contribution in [0.1, 0.15) is 34.1 Å². The van der Waals surface area contributed by atoms with Crippen LogP contribution in [0.15, 0.2) is 36.5 Å². The van der Waals surface area contributed by atoms with Crippen LogP contribution in [0.5, 0.6) is 0 Å². The van der Waals surface area contributed by atoms with Crippen LogP contribution in [-0.4, -0.2) is 6.04 Å². The zero-order valence-corrected chi connectivity index (χ0v) is 9.88. The van der Waals surface area contributed by atoms with Gasteiger partial charge in [-0.2, -0.15) is 0 Å². The highest BCUT2D eigenvalue weighted by molar-refractivity contribution is 5.23. The number of allylic oxidation sites excluding steroid dienone is 4. The molecule has 0 saturated heterocycles. The quantitative estimate of drug-likeness (QED) is 0.680. The van der Waals surface area contributed by atoms with E-state index in [4.69, 9.17) is 5.73 Å². The average Bonchev–Trinajstić information content (AvgIpc) is 2.10. The van der Waals surface area contributed by atoms with Crippen molar-refractivity contribution in [3.63, 3.8) is 0 Å². The van der Waals surface area contributed by atoms with E-state index in [1.165, 1.54) is 5.57 Å². The smallest absolute Gasteiger partial charge is 0.0128 e. The van der Waals surface area contributed by atoms with Gasteiger partial charge in [0.05, 0.1) is 0 Å². The number of rotatable bonds is 4. The molecular weight excluding hydrogens is 170 g/mol. The standard InChI is InChI=1S/C13H23N/c1-6-8-9-11(7-2)10-12(14)13(3,4)5/h6-9,12H,2,10,14H2,1,3-5H3/b8-6+,11-9+. The van der Waals surface area contributed by atoms with Gasteiger partial charge in [0, 0.05) is 6.04 Å². The van der Waals surface area contributed by atoms with Crippen molar-refractivity contribution >= 4 is 0 Å². The van der Waals surface area contributed by atoms with E-state index >= 15 is 0 Å². The predicted molar refractivity (Wildman–Crippen MR) is 65.1 cm³/mol. The van der Waals surface area contributed by atoms with E-state index < -0.39 is 0 Å². The summed E-state index contributed by atoms with van der Waals surface area (Å²) in [5, 5.41) is 0. The van der Waals surface area contributed by atoms with Gasteiger partial charge in [0.1, 0.15) is 0 Å². The normalized spacial score (nSPS) is 15.9. The van der Waals surface area contributed by atoms with Gasteiger partial charge in [-0.15, -0.1) is 0 Å². The minimum Gasteiger partial charge on any atom is -0.327 e. The Kier molecular flexibility index (Phi) is 5.47. The second kappa shape index (κ2) is 5.82. The lowest BCUT2D eigenvalue weighted by Gasteiger charge is -2.27. The van der Waals surface area contributed by atoms with E-state index in [1.54, 1.807) is 0 Å². The molecule has 0 aromatic heterocycles. The molecule has 0 aromatic carbocycles. The van der Waals surface area contributed by atoms with Crippen molar-refractivity contribution in [3.05, 3.63) is 36.5 Å². The molecule has 80 valence electrons. The maximum Gasteiger partial charge on any atom is 0.0128 e. The summed E-state index contributed by atoms with van der Waals surface area (Å²) < 4.78 is 0. The molecule has 0 rings (SSSR count). The zero-order chi connectivity index (χ0) is 11.2. The Bertz CT molecular complexity index is 228. The van der Waals surface area contributed by atoms with Crippen molar-refractivity contribution in [1.29, 1.82) is 0 Å². The minimum absolute atomic E-state index is 0.151. The highest BCUT2D eigenvalue weighted by Gasteiger charge is 2.20. The van der Waals surface area contributed by atoms with E-state index in [1.807, 2.05) is 25.2 Å². The monoisotopic (exact) mass is 193 g/mol. The van der Waals surface area contributed by atoms with Crippen LogP contribution < -0.4 is 5.73 Å². The fraction of sp³-hybridized carbons (Fsp3) is 0.538. The van der Waals surface area contributed by atoms with E-state index in [0.29, 0.717) is 0 Å². The highest BCUT2D eigenvalue weighted by atomic mass is 14.7. The molecule has 14 heavy (non-hydrogen) atoms. The van der Waals surface area contributed by atoms with E-state index in [9.17, 15) is 0 Å². The van der Waals surface area contributed by atoms with Crippen molar-refractivity contribution in [1.82, 2.24) is 0 Å². The molecule has 0 bridgehead atoms. The van der Waals surface area contributed by atoms with Crippen LogP contribution in [0.4, 0.5) is 0 Å². The third kappa shape index (κ3) is 5.03. The SMILES string of the molecule is C=C/C(=C\C=C\C)CC(N)C(C)(C)C. The summed E-state index contributed by atoms with van der Waals surface area (Å²) in [6.45, 7) is 12.3. The summed E-state index contributed by atoms with van der Waals surface area (Å²) in [5.74, 6) is 0.